The molecule has 1 aromatic rings. The van der Waals surface area contributed by atoms with Gasteiger partial charge in [0.2, 0.25) is 0 Å². The van der Waals surface area contributed by atoms with Crippen LogP contribution in [0.25, 0.3) is 0 Å². The zero-order chi connectivity index (χ0) is 12.2. The van der Waals surface area contributed by atoms with Gasteiger partial charge in [-0.15, -0.1) is 0 Å². The van der Waals surface area contributed by atoms with Gasteiger partial charge in [0, 0.05) is 11.2 Å². The molecule has 0 aliphatic carbocycles. The molecule has 0 atom stereocenters. The molecule has 0 bridgehead atoms. The summed E-state index contributed by atoms with van der Waals surface area (Å²) in [6.07, 6.45) is 3.14. The van der Waals surface area contributed by atoms with Crippen molar-refractivity contribution in [1.29, 1.82) is 0 Å². The van der Waals surface area contributed by atoms with Gasteiger partial charge in [-0.3, -0.25) is 0 Å². The molecule has 0 spiro atoms. The first-order chi connectivity index (χ1) is 7.42. The molecule has 0 aliphatic heterocycles. The van der Waals surface area contributed by atoms with Crippen LogP contribution in [0.4, 0.5) is 11.6 Å². The van der Waals surface area contributed by atoms with Crippen LogP contribution in [-0.4, -0.2) is 14.3 Å². The van der Waals surface area contributed by atoms with Gasteiger partial charge in [-0.25, -0.2) is 0 Å². The largest absolute Gasteiger partial charge is 0.361 e. The van der Waals surface area contributed by atoms with Gasteiger partial charge in [0.05, 0.1) is 11.7 Å². The molecular weight excluding hydrogens is 220 g/mol. The van der Waals surface area contributed by atoms with Crippen molar-refractivity contribution in [3.63, 3.8) is 0 Å². The second-order valence-electron chi connectivity index (χ2n) is 4.76. The summed E-state index contributed by atoms with van der Waals surface area (Å²) in [5.41, 5.74) is 1.10. The van der Waals surface area contributed by atoms with Crippen molar-refractivity contribution in [1.82, 2.24) is 8.75 Å². The van der Waals surface area contributed by atoms with E-state index in [-0.39, 0.29) is 5.54 Å². The highest BCUT2D eigenvalue weighted by Gasteiger charge is 2.15. The number of nitrogens with one attached hydrogen (secondary N) is 2. The highest BCUT2D eigenvalue weighted by molar-refractivity contribution is 6.99. The number of allylic oxidation sites excluding steroid dienone is 2. The molecule has 1 rings (SSSR count). The van der Waals surface area contributed by atoms with Gasteiger partial charge in [0.15, 0.2) is 11.6 Å². The fourth-order valence-electron chi connectivity index (χ4n) is 1.25. The molecule has 1 heterocycles. The van der Waals surface area contributed by atoms with Gasteiger partial charge in [-0.1, -0.05) is 13.0 Å². The molecule has 0 saturated carbocycles. The Kier molecular flexibility index (Phi) is 4.29. The highest BCUT2D eigenvalue weighted by Crippen LogP contribution is 2.23. The molecule has 1 aromatic heterocycles. The lowest BCUT2D eigenvalue weighted by Gasteiger charge is -2.20. The zero-order valence-electron chi connectivity index (χ0n) is 10.6. The molecule has 0 radical (unpaired) electrons. The van der Waals surface area contributed by atoms with Crippen LogP contribution < -0.4 is 10.6 Å². The van der Waals surface area contributed by atoms with E-state index in [1.54, 1.807) is 0 Å². The van der Waals surface area contributed by atoms with Gasteiger partial charge in [0.1, 0.15) is 0 Å². The zero-order valence-corrected chi connectivity index (χ0v) is 11.4. The number of hydrogen-bond donors (Lipinski definition) is 2. The van der Waals surface area contributed by atoms with E-state index >= 15 is 0 Å². The number of hydrogen-bond acceptors (Lipinski definition) is 5. The van der Waals surface area contributed by atoms with Crippen LogP contribution in [0, 0.1) is 0 Å². The molecule has 0 aliphatic rings. The molecule has 0 aromatic carbocycles. The van der Waals surface area contributed by atoms with Crippen molar-refractivity contribution in [3.8, 4) is 0 Å². The fraction of sp³-hybridized carbons (Fsp3) is 0.636. The van der Waals surface area contributed by atoms with E-state index in [1.807, 2.05) is 6.92 Å². The van der Waals surface area contributed by atoms with E-state index in [0.717, 1.165) is 23.8 Å². The number of rotatable bonds is 4. The van der Waals surface area contributed by atoms with E-state index in [2.05, 4.69) is 53.2 Å². The third kappa shape index (κ3) is 4.18. The molecule has 0 unspecified atom stereocenters. The summed E-state index contributed by atoms with van der Waals surface area (Å²) in [6.45, 7) is 10.4. The SMILES string of the molecule is CC/C=C(\C)Nc1nsnc1NC(C)(C)C. The van der Waals surface area contributed by atoms with Crippen LogP contribution in [0.3, 0.4) is 0 Å². The molecule has 16 heavy (non-hydrogen) atoms. The third-order valence-electron chi connectivity index (χ3n) is 1.81. The maximum Gasteiger partial charge on any atom is 0.188 e. The topological polar surface area (TPSA) is 49.8 Å². The second kappa shape index (κ2) is 5.30. The van der Waals surface area contributed by atoms with Crippen LogP contribution >= 0.6 is 11.7 Å². The first-order valence-electron chi connectivity index (χ1n) is 5.47. The number of aromatic nitrogens is 2. The standard InChI is InChI=1S/C11H20N4S/c1-6-7-8(2)12-9-10(15-16-14-9)13-11(3,4)5/h7H,6H2,1-5H3,(H,12,14)(H,13,15)/b8-7+. The first kappa shape index (κ1) is 13.0. The van der Waals surface area contributed by atoms with Crippen molar-refractivity contribution >= 4 is 23.4 Å². The lowest BCUT2D eigenvalue weighted by atomic mass is 10.1. The molecule has 90 valence electrons. The summed E-state index contributed by atoms with van der Waals surface area (Å²) >= 11 is 1.21. The Balaban J connectivity index is 2.75. The predicted octanol–water partition coefficient (Wildman–Crippen LogP) is 3.47. The van der Waals surface area contributed by atoms with Gasteiger partial charge in [-0.05, 0) is 34.1 Å². The number of nitrogens with zero attached hydrogens (tertiary/aromatic N) is 2. The normalized spacial score (nSPS) is 12.7. The summed E-state index contributed by atoms with van der Waals surface area (Å²) in [6, 6.07) is 0. The first-order valence-corrected chi connectivity index (χ1v) is 6.20. The van der Waals surface area contributed by atoms with E-state index in [4.69, 9.17) is 0 Å². The summed E-state index contributed by atoms with van der Waals surface area (Å²) in [4.78, 5) is 0. The van der Waals surface area contributed by atoms with Crippen LogP contribution in [0.15, 0.2) is 11.8 Å². The lowest BCUT2D eigenvalue weighted by molar-refractivity contribution is 0.632. The Labute approximate surface area is 101 Å². The van der Waals surface area contributed by atoms with Crippen molar-refractivity contribution in [3.05, 3.63) is 11.8 Å². The molecule has 4 nitrogen and oxygen atoms in total. The molecule has 0 fully saturated rings. The average Bonchev–Trinajstić information content (AvgIpc) is 2.50. The summed E-state index contributed by atoms with van der Waals surface area (Å²) in [7, 11) is 0. The number of anilines is 2. The third-order valence-corrected chi connectivity index (χ3v) is 2.34. The molecular formula is C11H20N4S. The van der Waals surface area contributed by atoms with Crippen molar-refractivity contribution in [2.24, 2.45) is 0 Å². The molecule has 2 N–H and O–H groups in total. The van der Waals surface area contributed by atoms with Crippen LogP contribution in [0.2, 0.25) is 0 Å². The van der Waals surface area contributed by atoms with E-state index in [1.165, 1.54) is 11.7 Å². The summed E-state index contributed by atoms with van der Waals surface area (Å²) < 4.78 is 8.48. The highest BCUT2D eigenvalue weighted by atomic mass is 32.1. The summed E-state index contributed by atoms with van der Waals surface area (Å²) in [5.74, 6) is 1.63. The van der Waals surface area contributed by atoms with E-state index in [9.17, 15) is 0 Å². The molecule has 5 heteroatoms. The fourth-order valence-corrected chi connectivity index (χ4v) is 1.72. The van der Waals surface area contributed by atoms with Crippen LogP contribution in [0.5, 0.6) is 0 Å². The van der Waals surface area contributed by atoms with Crippen LogP contribution in [-0.2, 0) is 0 Å². The molecule has 0 amide bonds. The minimum Gasteiger partial charge on any atom is -0.361 e. The maximum atomic E-state index is 4.24. The predicted molar refractivity (Wildman–Crippen MR) is 71.0 cm³/mol. The van der Waals surface area contributed by atoms with Crippen molar-refractivity contribution in [2.75, 3.05) is 10.6 Å². The van der Waals surface area contributed by atoms with Crippen LogP contribution in [0.1, 0.15) is 41.0 Å². The smallest absolute Gasteiger partial charge is 0.188 e. The quantitative estimate of drug-likeness (QED) is 0.846. The summed E-state index contributed by atoms with van der Waals surface area (Å²) in [5, 5.41) is 6.57. The van der Waals surface area contributed by atoms with Crippen molar-refractivity contribution in [2.45, 2.75) is 46.6 Å². The van der Waals surface area contributed by atoms with E-state index in [0.29, 0.717) is 0 Å². The minimum atomic E-state index is -0.00540. The van der Waals surface area contributed by atoms with E-state index < -0.39 is 0 Å². The maximum absolute atomic E-state index is 4.24. The second-order valence-corrected chi connectivity index (χ2v) is 5.29. The Bertz CT molecular complexity index is 362. The Morgan fingerprint density at radius 1 is 1.31 bits per heavy atom. The molecule has 0 saturated heterocycles. The van der Waals surface area contributed by atoms with Gasteiger partial charge < -0.3 is 10.6 Å². The Hall–Kier alpha value is -1.10. The van der Waals surface area contributed by atoms with Crippen molar-refractivity contribution < 1.29 is 0 Å². The monoisotopic (exact) mass is 240 g/mol. The minimum absolute atomic E-state index is 0.00540. The van der Waals surface area contributed by atoms with Gasteiger partial charge >= 0.3 is 0 Å². The van der Waals surface area contributed by atoms with Gasteiger partial charge in [0.25, 0.3) is 0 Å². The average molecular weight is 240 g/mol. The lowest BCUT2D eigenvalue weighted by Crippen LogP contribution is -2.26. The van der Waals surface area contributed by atoms with Gasteiger partial charge in [-0.2, -0.15) is 8.75 Å². The Morgan fingerprint density at radius 2 is 1.94 bits per heavy atom. The Morgan fingerprint density at radius 3 is 2.50 bits per heavy atom.